The number of esters is 1. The highest BCUT2D eigenvalue weighted by atomic mass is 79.9. The zero-order valence-electron chi connectivity index (χ0n) is 7.03. The fourth-order valence-electron chi connectivity index (χ4n) is 0.818. The molecule has 1 aromatic carbocycles. The van der Waals surface area contributed by atoms with Crippen LogP contribution in [0.4, 0.5) is 0 Å². The molecule has 0 amide bonds. The Hall–Kier alpha value is -1.36. The van der Waals surface area contributed by atoms with Gasteiger partial charge in [-0.2, -0.15) is 0 Å². The quantitative estimate of drug-likeness (QED) is 0.445. The van der Waals surface area contributed by atoms with Crippen molar-refractivity contribution >= 4 is 27.9 Å². The topological polar surface area (TPSA) is 66.4 Å². The van der Waals surface area contributed by atoms with E-state index in [2.05, 4.69) is 15.9 Å². The zero-order chi connectivity index (χ0) is 10.6. The first-order valence-electron chi connectivity index (χ1n) is 3.71. The number of aromatic carboxylic acids is 1. The molecule has 0 bridgehead atoms. The molecule has 0 aliphatic carbocycles. The lowest BCUT2D eigenvalue weighted by molar-refractivity contribution is -0.255. The van der Waals surface area contributed by atoms with Crippen LogP contribution < -0.4 is 9.84 Å². The van der Waals surface area contributed by atoms with Crippen LogP contribution in [0, 0.1) is 0 Å². The average molecular weight is 258 g/mol. The number of halogens is 1. The van der Waals surface area contributed by atoms with E-state index < -0.39 is 11.9 Å². The minimum absolute atomic E-state index is 0.0450. The van der Waals surface area contributed by atoms with Gasteiger partial charge in [0.05, 0.1) is 5.97 Å². The minimum atomic E-state index is -1.26. The molecule has 0 heterocycles. The van der Waals surface area contributed by atoms with Crippen molar-refractivity contribution < 1.29 is 19.4 Å². The smallest absolute Gasteiger partial charge is 0.321 e. The number of hydrogen-bond donors (Lipinski definition) is 0. The molecule has 5 heteroatoms. The second-order valence-corrected chi connectivity index (χ2v) is 2.98. The molecule has 4 nitrogen and oxygen atoms in total. The van der Waals surface area contributed by atoms with Crippen molar-refractivity contribution in [3.05, 3.63) is 29.8 Å². The second-order valence-electron chi connectivity index (χ2n) is 2.42. The Bertz CT molecular complexity index is 344. The maximum Gasteiger partial charge on any atom is 0.321 e. The predicted molar refractivity (Wildman–Crippen MR) is 50.2 cm³/mol. The molecule has 0 N–H and O–H groups in total. The number of carbonyl (C=O) groups is 2. The van der Waals surface area contributed by atoms with E-state index in [-0.39, 0.29) is 10.9 Å². The summed E-state index contributed by atoms with van der Waals surface area (Å²) in [5.74, 6) is -1.39. The van der Waals surface area contributed by atoms with E-state index in [1.54, 1.807) is 0 Å². The molecule has 0 aliphatic rings. The van der Waals surface area contributed by atoms with E-state index in [0.29, 0.717) is 5.75 Å². The van der Waals surface area contributed by atoms with E-state index in [1.165, 1.54) is 24.3 Å². The molecule has 0 saturated carbocycles. The maximum atomic E-state index is 10.8. The van der Waals surface area contributed by atoms with E-state index >= 15 is 0 Å². The summed E-state index contributed by atoms with van der Waals surface area (Å²) < 4.78 is 4.80. The van der Waals surface area contributed by atoms with Gasteiger partial charge in [-0.05, 0) is 29.8 Å². The van der Waals surface area contributed by atoms with Gasteiger partial charge in [0.2, 0.25) is 0 Å². The van der Waals surface area contributed by atoms with Gasteiger partial charge >= 0.3 is 5.97 Å². The van der Waals surface area contributed by atoms with E-state index in [4.69, 9.17) is 4.74 Å². The second kappa shape index (κ2) is 4.76. The van der Waals surface area contributed by atoms with Crippen molar-refractivity contribution in [1.82, 2.24) is 0 Å². The molecule has 0 radical (unpaired) electrons. The number of ether oxygens (including phenoxy) is 1. The van der Waals surface area contributed by atoms with Crippen LogP contribution in [0.3, 0.4) is 0 Å². The molecule has 1 aromatic rings. The van der Waals surface area contributed by atoms with Crippen molar-refractivity contribution in [3.63, 3.8) is 0 Å². The molecule has 0 atom stereocenters. The van der Waals surface area contributed by atoms with Gasteiger partial charge in [0.15, 0.2) is 0 Å². The van der Waals surface area contributed by atoms with Crippen molar-refractivity contribution in [2.45, 2.75) is 0 Å². The molecule has 74 valence electrons. The molecule has 0 aliphatic heterocycles. The Kier molecular flexibility index (Phi) is 3.64. The normalized spacial score (nSPS) is 9.50. The number of benzene rings is 1. The first kappa shape index (κ1) is 10.7. The molecule has 0 aromatic heterocycles. The Morgan fingerprint density at radius 3 is 2.29 bits per heavy atom. The highest BCUT2D eigenvalue weighted by Crippen LogP contribution is 2.12. The Morgan fingerprint density at radius 2 is 1.86 bits per heavy atom. The molecular formula is C9H6BrO4-. The third-order valence-corrected chi connectivity index (χ3v) is 1.89. The molecule has 0 fully saturated rings. The lowest BCUT2D eigenvalue weighted by Gasteiger charge is -2.04. The third kappa shape index (κ3) is 2.85. The van der Waals surface area contributed by atoms with Crippen LogP contribution in [0.2, 0.25) is 0 Å². The predicted octanol–water partition coefficient (Wildman–Crippen LogP) is 0.350. The number of rotatable bonds is 3. The summed E-state index contributed by atoms with van der Waals surface area (Å²) in [4.78, 5) is 21.2. The first-order chi connectivity index (χ1) is 6.63. The van der Waals surface area contributed by atoms with Gasteiger partial charge in [-0.3, -0.25) is 4.79 Å². The molecule has 1 rings (SSSR count). The highest BCUT2D eigenvalue weighted by molar-refractivity contribution is 9.09. The number of carboxylic acid groups (broad SMARTS) is 1. The molecular weight excluding hydrogens is 252 g/mol. The van der Waals surface area contributed by atoms with Crippen LogP contribution in [0.1, 0.15) is 10.4 Å². The fourth-order valence-corrected chi connectivity index (χ4v) is 0.932. The number of carboxylic acids is 1. The first-order valence-corrected chi connectivity index (χ1v) is 4.83. The van der Waals surface area contributed by atoms with Gasteiger partial charge < -0.3 is 14.6 Å². The summed E-state index contributed by atoms with van der Waals surface area (Å²) in [5, 5.41) is 10.5. The van der Waals surface area contributed by atoms with Crippen LogP contribution >= 0.6 is 15.9 Å². The van der Waals surface area contributed by atoms with E-state index in [0.717, 1.165) is 0 Å². The number of hydrogen-bond acceptors (Lipinski definition) is 4. The summed E-state index contributed by atoms with van der Waals surface area (Å²) in [6.45, 7) is 0. The van der Waals surface area contributed by atoms with Crippen molar-refractivity contribution in [2.24, 2.45) is 0 Å². The minimum Gasteiger partial charge on any atom is -0.545 e. The van der Waals surface area contributed by atoms with Gasteiger partial charge in [0, 0.05) is 0 Å². The average Bonchev–Trinajstić information content (AvgIpc) is 2.18. The Morgan fingerprint density at radius 1 is 1.29 bits per heavy atom. The number of carbonyl (C=O) groups excluding carboxylic acids is 2. The fraction of sp³-hybridized carbons (Fsp3) is 0.111. The van der Waals surface area contributed by atoms with E-state index in [1.807, 2.05) is 0 Å². The van der Waals surface area contributed by atoms with Crippen molar-refractivity contribution in [1.29, 1.82) is 0 Å². The van der Waals surface area contributed by atoms with Gasteiger partial charge in [-0.1, -0.05) is 15.9 Å². The molecule has 0 unspecified atom stereocenters. The van der Waals surface area contributed by atoms with Gasteiger partial charge in [0.1, 0.15) is 11.1 Å². The zero-order valence-corrected chi connectivity index (χ0v) is 8.61. The van der Waals surface area contributed by atoms with Gasteiger partial charge in [-0.25, -0.2) is 0 Å². The van der Waals surface area contributed by atoms with Crippen LogP contribution in [0.25, 0.3) is 0 Å². The maximum absolute atomic E-state index is 10.8. The van der Waals surface area contributed by atoms with Gasteiger partial charge in [-0.15, -0.1) is 0 Å². The standard InChI is InChI=1S/C9H7BrO4/c10-5-8(11)14-7-3-1-6(2-4-7)9(12)13/h1-4H,5H2,(H,12,13)/p-1. The summed E-state index contributed by atoms with van der Waals surface area (Å²) in [6.07, 6.45) is 0. The SMILES string of the molecule is O=C(CBr)Oc1ccc(C(=O)[O-])cc1. The van der Waals surface area contributed by atoms with Crippen molar-refractivity contribution in [2.75, 3.05) is 5.33 Å². The summed E-state index contributed by atoms with van der Waals surface area (Å²) in [7, 11) is 0. The molecule has 0 spiro atoms. The summed E-state index contributed by atoms with van der Waals surface area (Å²) in [5.41, 5.74) is 0.0450. The van der Waals surface area contributed by atoms with Crippen LogP contribution in [-0.4, -0.2) is 17.3 Å². The Balaban J connectivity index is 2.73. The van der Waals surface area contributed by atoms with Crippen LogP contribution in [0.5, 0.6) is 5.75 Å². The molecule has 0 saturated heterocycles. The van der Waals surface area contributed by atoms with Crippen molar-refractivity contribution in [3.8, 4) is 5.75 Å². The lowest BCUT2D eigenvalue weighted by atomic mass is 10.2. The Labute approximate surface area is 88.6 Å². The van der Waals surface area contributed by atoms with Gasteiger partial charge in [0.25, 0.3) is 0 Å². The summed E-state index contributed by atoms with van der Waals surface area (Å²) >= 11 is 2.93. The van der Waals surface area contributed by atoms with Crippen LogP contribution in [0.15, 0.2) is 24.3 Å². The summed E-state index contributed by atoms with van der Waals surface area (Å²) in [6, 6.07) is 5.41. The van der Waals surface area contributed by atoms with E-state index in [9.17, 15) is 14.7 Å². The molecule has 14 heavy (non-hydrogen) atoms. The number of alkyl halides is 1. The van der Waals surface area contributed by atoms with Crippen LogP contribution in [-0.2, 0) is 4.79 Å². The lowest BCUT2D eigenvalue weighted by Crippen LogP contribution is -2.22. The third-order valence-electron chi connectivity index (χ3n) is 1.43. The largest absolute Gasteiger partial charge is 0.545 e. The highest BCUT2D eigenvalue weighted by Gasteiger charge is 2.01. The monoisotopic (exact) mass is 257 g/mol.